The maximum absolute atomic E-state index is 12.6. The van der Waals surface area contributed by atoms with E-state index in [0.29, 0.717) is 18.6 Å². The number of aryl methyl sites for hydroxylation is 1. The van der Waals surface area contributed by atoms with Crippen LogP contribution in [0.25, 0.3) is 10.4 Å². The van der Waals surface area contributed by atoms with Gasteiger partial charge in [-0.2, -0.15) is 0 Å². The molecule has 1 aromatic heterocycles. The summed E-state index contributed by atoms with van der Waals surface area (Å²) in [6.07, 6.45) is 2.12. The second-order valence-electron chi connectivity index (χ2n) is 9.21. The molecule has 2 heterocycles. The zero-order valence-electron chi connectivity index (χ0n) is 20.8. The van der Waals surface area contributed by atoms with E-state index in [2.05, 4.69) is 51.4 Å². The molecule has 0 radical (unpaired) electrons. The van der Waals surface area contributed by atoms with Crippen molar-refractivity contribution in [1.29, 1.82) is 0 Å². The van der Waals surface area contributed by atoms with E-state index in [4.69, 9.17) is 4.74 Å². The summed E-state index contributed by atoms with van der Waals surface area (Å²) in [5, 5.41) is 4.10. The molecule has 1 aliphatic heterocycles. The normalized spacial score (nSPS) is 19.1. The number of nitrogens with zero attached hydrogens (tertiary/aromatic N) is 4. The molecule has 3 aromatic carbocycles. The van der Waals surface area contributed by atoms with Crippen molar-refractivity contribution in [3.8, 4) is 0 Å². The molecule has 1 N–H and O–H groups in total. The van der Waals surface area contributed by atoms with Crippen molar-refractivity contribution in [2.45, 2.75) is 34.7 Å². The Morgan fingerprint density at radius 3 is 2.00 bits per heavy atom. The summed E-state index contributed by atoms with van der Waals surface area (Å²) in [6.45, 7) is 2.01. The molecule has 1 saturated heterocycles. The number of H-pyrrole nitrogens is 1. The van der Waals surface area contributed by atoms with Crippen LogP contribution >= 0.6 is 0 Å². The molecule has 1 aliphatic rings. The molecule has 192 valence electrons. The van der Waals surface area contributed by atoms with Crippen LogP contribution in [0.2, 0.25) is 4.82 Å². The number of aromatic amines is 1. The second-order valence-corrected chi connectivity index (χ2v) is 12.2. The monoisotopic (exact) mass is 573 g/mol. The van der Waals surface area contributed by atoms with E-state index in [9.17, 15) is 15.1 Å². The Hall–Kier alpha value is -3.87. The third-order valence-electron chi connectivity index (χ3n) is 6.87. The average molecular weight is 573 g/mol. The summed E-state index contributed by atoms with van der Waals surface area (Å²) in [4.78, 5) is 29.8. The van der Waals surface area contributed by atoms with Crippen LogP contribution in [0.4, 0.5) is 0 Å². The average Bonchev–Trinajstić information content (AvgIpc) is 3.35. The van der Waals surface area contributed by atoms with Crippen molar-refractivity contribution in [2.75, 3.05) is 6.61 Å². The van der Waals surface area contributed by atoms with Crippen LogP contribution in [0.1, 0.15) is 33.6 Å². The first-order chi connectivity index (χ1) is 18.5. The Morgan fingerprint density at radius 1 is 0.974 bits per heavy atom. The van der Waals surface area contributed by atoms with Gasteiger partial charge in [0.2, 0.25) is 0 Å². The molecule has 0 saturated carbocycles. The van der Waals surface area contributed by atoms with Gasteiger partial charge in [-0.15, -0.1) is 0 Å². The Balaban J connectivity index is 1.54. The van der Waals surface area contributed by atoms with E-state index in [1.54, 1.807) is 17.7 Å². The van der Waals surface area contributed by atoms with Crippen molar-refractivity contribution >= 4 is 15.0 Å². The predicted molar refractivity (Wildman–Crippen MR) is 147 cm³/mol. The van der Waals surface area contributed by atoms with Gasteiger partial charge in [0.25, 0.3) is 0 Å². The number of ether oxygens (including phenoxy) is 1. The molecule has 5 rings (SSSR count). The number of aromatic nitrogens is 2. The molecular weight excluding hydrogens is 545 g/mol. The molecule has 4 aromatic rings. The second kappa shape index (κ2) is 11.3. The standard InChI is InChI=1S/C29H27N5O3Se/c1-20-18-34(28(36)31-27(20)35)26-17-24(32-33-30)25(38-26)19-37-29(21-11-5-2-6-12-21,22-13-7-3-8-14-22)23-15-9-4-10-16-23/h2-16,18,24-26H,17,19H2,1H3,(H,31,35,36)/t24-,25-,26-/m1/s1. The molecule has 0 aliphatic carbocycles. The fourth-order valence-electron chi connectivity index (χ4n) is 5.00. The molecule has 9 heteroatoms. The summed E-state index contributed by atoms with van der Waals surface area (Å²) in [7, 11) is 0. The van der Waals surface area contributed by atoms with Crippen LogP contribution in [0.15, 0.2) is 112 Å². The Labute approximate surface area is 226 Å². The number of benzene rings is 3. The van der Waals surface area contributed by atoms with Crippen molar-refractivity contribution in [3.63, 3.8) is 0 Å². The van der Waals surface area contributed by atoms with E-state index in [0.717, 1.165) is 16.7 Å². The van der Waals surface area contributed by atoms with Crippen molar-refractivity contribution in [1.82, 2.24) is 9.55 Å². The zero-order valence-corrected chi connectivity index (χ0v) is 22.5. The van der Waals surface area contributed by atoms with Crippen LogP contribution in [0, 0.1) is 6.92 Å². The first kappa shape index (κ1) is 25.8. The molecule has 0 bridgehead atoms. The molecule has 3 atom stereocenters. The number of azide groups is 1. The predicted octanol–water partition coefficient (Wildman–Crippen LogP) is 4.93. The van der Waals surface area contributed by atoms with E-state index in [1.807, 2.05) is 54.6 Å². The van der Waals surface area contributed by atoms with Gasteiger partial charge in [0, 0.05) is 0 Å². The van der Waals surface area contributed by atoms with Crippen LogP contribution in [-0.2, 0) is 10.3 Å². The van der Waals surface area contributed by atoms with Gasteiger partial charge >= 0.3 is 226 Å². The van der Waals surface area contributed by atoms with Gasteiger partial charge in [0.1, 0.15) is 0 Å². The zero-order chi connectivity index (χ0) is 26.5. The van der Waals surface area contributed by atoms with Gasteiger partial charge in [-0.3, -0.25) is 0 Å². The molecule has 0 spiro atoms. The fraction of sp³-hybridized carbons (Fsp3) is 0.241. The Morgan fingerprint density at radius 2 is 1.50 bits per heavy atom. The molecule has 8 nitrogen and oxygen atoms in total. The van der Waals surface area contributed by atoms with Crippen LogP contribution in [-0.4, -0.2) is 37.2 Å². The summed E-state index contributed by atoms with van der Waals surface area (Å²) in [5.74, 6) is 0. The van der Waals surface area contributed by atoms with Crippen molar-refractivity contribution < 1.29 is 4.74 Å². The Kier molecular flexibility index (Phi) is 7.63. The van der Waals surface area contributed by atoms with Crippen molar-refractivity contribution in [3.05, 3.63) is 151 Å². The van der Waals surface area contributed by atoms with Gasteiger partial charge < -0.3 is 0 Å². The number of nitrogens with one attached hydrogen (secondary N) is 1. The first-order valence-corrected chi connectivity index (χ1v) is 14.3. The van der Waals surface area contributed by atoms with E-state index in [1.165, 1.54) is 0 Å². The van der Waals surface area contributed by atoms with Gasteiger partial charge in [0.05, 0.1) is 0 Å². The quantitative estimate of drug-likeness (QED) is 0.106. The van der Waals surface area contributed by atoms with Crippen LogP contribution in [0.3, 0.4) is 0 Å². The SMILES string of the molecule is Cc1cn([C@H]2C[C@@H](N=[N+]=[N-])[C@@H](COC(c3ccccc3)(c3ccccc3)c3ccccc3)[Se]2)c(=O)[nH]c1=O. The molecular formula is C29H27N5O3Se. The minimum atomic E-state index is -0.885. The third-order valence-corrected chi connectivity index (χ3v) is 10.1. The van der Waals surface area contributed by atoms with Crippen molar-refractivity contribution in [2.24, 2.45) is 5.11 Å². The number of rotatable bonds is 8. The molecule has 0 unspecified atom stereocenters. The molecule has 1 fully saturated rings. The van der Waals surface area contributed by atoms with E-state index >= 15 is 0 Å². The summed E-state index contributed by atoms with van der Waals surface area (Å²) in [5.41, 5.74) is 11.0. The summed E-state index contributed by atoms with van der Waals surface area (Å²) < 4.78 is 8.57. The minimum absolute atomic E-state index is 0.0713. The maximum atomic E-state index is 12.6. The van der Waals surface area contributed by atoms with Crippen LogP contribution in [0.5, 0.6) is 0 Å². The van der Waals surface area contributed by atoms with Gasteiger partial charge in [0.15, 0.2) is 0 Å². The van der Waals surface area contributed by atoms with Gasteiger partial charge in [-0.25, -0.2) is 0 Å². The fourth-order valence-corrected chi connectivity index (χ4v) is 8.13. The van der Waals surface area contributed by atoms with E-state index < -0.39 is 11.3 Å². The van der Waals surface area contributed by atoms with E-state index in [-0.39, 0.29) is 36.3 Å². The number of hydrogen-bond acceptors (Lipinski definition) is 4. The first-order valence-electron chi connectivity index (χ1n) is 12.3. The molecule has 38 heavy (non-hydrogen) atoms. The third kappa shape index (κ3) is 4.97. The molecule has 0 amide bonds. The van der Waals surface area contributed by atoms with Gasteiger partial charge in [-0.05, 0) is 0 Å². The topological polar surface area (TPSA) is 113 Å². The summed E-state index contributed by atoms with van der Waals surface area (Å²) >= 11 is -0.136. The Bertz CT molecular complexity index is 1450. The summed E-state index contributed by atoms with van der Waals surface area (Å²) in [6, 6.07) is 30.0. The number of hydrogen-bond donors (Lipinski definition) is 1. The van der Waals surface area contributed by atoms with Gasteiger partial charge in [-0.1, -0.05) is 0 Å². The van der Waals surface area contributed by atoms with Crippen LogP contribution < -0.4 is 11.2 Å².